The second kappa shape index (κ2) is 40.9. The fourth-order valence-electron chi connectivity index (χ4n) is 16.8. The minimum Gasteiger partial charge on any atom is -0.506 e. The van der Waals surface area contributed by atoms with Crippen LogP contribution in [0.3, 0.4) is 0 Å². The van der Waals surface area contributed by atoms with E-state index in [-0.39, 0.29) is 92.3 Å². The van der Waals surface area contributed by atoms with Gasteiger partial charge in [-0.3, -0.25) is 68.2 Å². The molecule has 668 valence electrons. The van der Waals surface area contributed by atoms with E-state index in [0.717, 1.165) is 44.1 Å². The maximum Gasteiger partial charge on any atom is 0.280 e. The van der Waals surface area contributed by atoms with Crippen LogP contribution in [0.25, 0.3) is 120 Å². The number of phenolic OH excluding ortho intramolecular Hbond substituents is 1. The molecule has 135 heavy (non-hydrogen) atoms. The van der Waals surface area contributed by atoms with Crippen molar-refractivity contribution in [2.24, 2.45) is 15.2 Å². The smallest absolute Gasteiger partial charge is 0.280 e. The third-order valence-electron chi connectivity index (χ3n) is 22.8. The Hall–Kier alpha value is -17.8. The zero-order chi connectivity index (χ0) is 96.2. The number of ketones is 3. The molecule has 3 aromatic heterocycles. The number of nitriles is 1. The number of nitro groups is 1. The van der Waals surface area contributed by atoms with E-state index in [0.29, 0.717) is 150 Å². The summed E-state index contributed by atoms with van der Waals surface area (Å²) in [6, 6.07) is 83.5. The van der Waals surface area contributed by atoms with E-state index >= 15 is 0 Å². The number of azo groups is 1. The van der Waals surface area contributed by atoms with Crippen LogP contribution in [0.4, 0.5) is 17.1 Å². The maximum absolute atomic E-state index is 13.4. The van der Waals surface area contributed by atoms with Crippen LogP contribution >= 0.6 is 0 Å². The number of benzene rings is 15. The first-order valence-electron chi connectivity index (χ1n) is 44.0. The highest BCUT2D eigenvalue weighted by atomic mass is 16.6. The topological polar surface area (TPSA) is 407 Å². The van der Waals surface area contributed by atoms with Crippen LogP contribution in [0.5, 0.6) is 11.6 Å². The number of carbonyl (C=O) groups is 6. The van der Waals surface area contributed by atoms with Gasteiger partial charge in [-0.25, -0.2) is 4.99 Å². The standard InChI is InChI=1S/C28H14N2O4.C21H13NO2.C19H14N2O4.C18H12N2O2.C16H11N3O3.4C2H6/c31-25-13-5-1-3-7-15(13)27(33)21-17(25)9-11-19-23(21)29-20-12-10-18-22(24(20)30-19)28(34)16-8-4-2-6-14(16)26(18)32;23-20-14-6-2-1-5-12(14)9-13-10-17-19(11-16(13)20)22-18-8-4-3-7-15(18)21(17)24;1-2-15(22)14(9-20)12-7-13(11-6-4-3-5-10(11)12)18-16(23)8-17(24)21-19(18)25;21-17-13-14(16(20-17)12-9-5-2-6-10-12)18(22)19-15(13)11-7-3-1-4-8-11;20-15-10-5-11-3-1-2-4-14(11)16(15)18-17-12-6-8-13(9-7-12)19(21)22;4*1-2/h1-12,29-30H;1-8,10-11H,9H2,(H,22,24);3-6H,2,7-8H2,1H3,(H,21,24,25);1-10,19,22H;1-10,20H;4*1-2H3/b;;14-12-,18-13-;;;;;;. The van der Waals surface area contributed by atoms with Crippen molar-refractivity contribution in [2.75, 3.05) is 0 Å². The molecule has 25 nitrogen and oxygen atoms in total. The van der Waals surface area contributed by atoms with Crippen LogP contribution in [-0.2, 0) is 25.6 Å². The van der Waals surface area contributed by atoms with Crippen LogP contribution < -0.4 is 32.5 Å². The number of aromatic hydroxyl groups is 2. The number of Topliss-reactive ketones (excluding diaryl/α,β-unsaturated/α-hetero) is 2. The molecule has 0 radical (unpaired) electrons. The molecule has 5 heterocycles. The number of nitrogens with zero attached hydrogens (tertiary/aromatic N) is 5. The van der Waals surface area contributed by atoms with E-state index in [1.54, 1.807) is 116 Å². The van der Waals surface area contributed by atoms with Crippen LogP contribution in [0.2, 0.25) is 0 Å². The first kappa shape index (κ1) is 93.4. The molecule has 0 saturated carbocycles. The number of carbonyl (C=O) groups excluding carboxylic acids is 6. The molecule has 1 fully saturated rings. The number of hydrogen-bond donors (Lipinski definition) is 7. The van der Waals surface area contributed by atoms with Gasteiger partial charge in [0.1, 0.15) is 17.5 Å². The number of piperidine rings is 1. The number of phenols is 1. The van der Waals surface area contributed by atoms with E-state index in [1.807, 2.05) is 207 Å². The van der Waals surface area contributed by atoms with Gasteiger partial charge in [0.05, 0.1) is 89.1 Å². The van der Waals surface area contributed by atoms with Crippen molar-refractivity contribution in [1.29, 1.82) is 5.26 Å². The minimum atomic E-state index is -0.729. The molecule has 0 unspecified atom stereocenters. The number of aliphatic imine (C=N–C) groups is 1. The number of nitrogens with one attached hydrogen (secondary N) is 5. The third-order valence-corrected chi connectivity index (χ3v) is 22.8. The summed E-state index contributed by atoms with van der Waals surface area (Å²) in [5, 5.41) is 56.3. The van der Waals surface area contributed by atoms with Crippen LogP contribution in [0.1, 0.15) is 141 Å². The van der Waals surface area contributed by atoms with Crippen molar-refractivity contribution in [2.45, 2.75) is 88.0 Å². The molecule has 2 aliphatic carbocycles. The second-order valence-corrected chi connectivity index (χ2v) is 30.2. The van der Waals surface area contributed by atoms with E-state index in [4.69, 9.17) is 0 Å². The summed E-state index contributed by atoms with van der Waals surface area (Å²) in [6.07, 6.45) is 0.620. The van der Waals surface area contributed by atoms with Crippen molar-refractivity contribution < 1.29 is 43.9 Å². The number of allylic oxidation sites excluding steroid dienone is 3. The number of aromatic amines is 4. The number of nitro benzene ring substituents is 1. The average Bonchev–Trinajstić information content (AvgIpc) is 1.71. The van der Waals surface area contributed by atoms with Gasteiger partial charge in [0.15, 0.2) is 50.4 Å². The van der Waals surface area contributed by atoms with E-state index in [9.17, 15) is 78.3 Å². The summed E-state index contributed by atoms with van der Waals surface area (Å²) in [7, 11) is 0. The van der Waals surface area contributed by atoms with Gasteiger partial charge in [-0.05, 0) is 118 Å². The minimum absolute atomic E-state index is 0.00745. The van der Waals surface area contributed by atoms with Gasteiger partial charge in [0.2, 0.25) is 5.91 Å². The van der Waals surface area contributed by atoms with Crippen molar-refractivity contribution in [3.63, 3.8) is 0 Å². The van der Waals surface area contributed by atoms with E-state index < -0.39 is 22.5 Å². The highest BCUT2D eigenvalue weighted by Crippen LogP contribution is 2.46. The fraction of sp³-hybridized carbons (Fsp3) is 0.118. The summed E-state index contributed by atoms with van der Waals surface area (Å²) < 4.78 is 0. The predicted octanol–water partition coefficient (Wildman–Crippen LogP) is 22.0. The highest BCUT2D eigenvalue weighted by Gasteiger charge is 2.38. The molecule has 7 N–H and O–H groups in total. The number of amides is 3. The average molecular weight is 1790 g/mol. The van der Waals surface area contributed by atoms with Crippen molar-refractivity contribution in [1.82, 2.24) is 25.3 Å². The van der Waals surface area contributed by atoms with Crippen molar-refractivity contribution >= 4 is 167 Å². The number of rotatable bonds is 7. The largest absolute Gasteiger partial charge is 0.506 e. The molecule has 18 aromatic rings. The van der Waals surface area contributed by atoms with Gasteiger partial charge >= 0.3 is 0 Å². The number of pyridine rings is 1. The number of fused-ring (bicyclic) bond motifs is 15. The fourth-order valence-corrected chi connectivity index (χ4v) is 16.8. The molecule has 22 rings (SSSR count). The Bertz CT molecular complexity index is 8210. The van der Waals surface area contributed by atoms with Gasteiger partial charge in [-0.2, -0.15) is 10.4 Å². The summed E-state index contributed by atoms with van der Waals surface area (Å²) in [6.45, 7) is 17.7. The number of hydrogen-bond acceptors (Lipinski definition) is 18. The number of para-hydroxylation sites is 1. The number of H-pyrrole nitrogens is 4. The Kier molecular flexibility index (Phi) is 28.3. The van der Waals surface area contributed by atoms with Crippen LogP contribution in [0.15, 0.2) is 329 Å². The zero-order valence-electron chi connectivity index (χ0n) is 74.8. The summed E-state index contributed by atoms with van der Waals surface area (Å²) >= 11 is 0. The lowest BCUT2D eigenvalue weighted by Crippen LogP contribution is -2.41. The lowest BCUT2D eigenvalue weighted by atomic mass is 9.84. The maximum atomic E-state index is 13.4. The monoisotopic (exact) mass is 1790 g/mol. The molecule has 0 spiro atoms. The van der Waals surface area contributed by atoms with Gasteiger partial charge in [-0.15, -0.1) is 5.11 Å². The van der Waals surface area contributed by atoms with Crippen LogP contribution in [-0.4, -0.2) is 75.9 Å². The molecule has 25 heteroatoms. The van der Waals surface area contributed by atoms with Gasteiger partial charge in [-0.1, -0.05) is 263 Å². The van der Waals surface area contributed by atoms with Gasteiger partial charge in [0.25, 0.3) is 17.5 Å². The van der Waals surface area contributed by atoms with Crippen LogP contribution in [0, 0.1) is 21.4 Å². The number of non-ortho nitro benzene ring substituents is 1. The molecule has 0 atom stereocenters. The molecular formula is C110H88N10O15. The first-order valence-corrected chi connectivity index (χ1v) is 44.0. The summed E-state index contributed by atoms with van der Waals surface area (Å²) in [5.74, 6) is -2.47. The predicted molar refractivity (Wildman–Crippen MR) is 532 cm³/mol. The Balaban J connectivity index is 0.000000134. The number of imide groups is 1. The normalized spacial score (nSPS) is 13.5. The van der Waals surface area contributed by atoms with Gasteiger partial charge < -0.3 is 30.1 Å². The SMILES string of the molecule is CC.CC.CC.CC.CCC(=O)/C(C#N)=C1/C/C(=C2\C(=O)CC(=O)NC2=O)c2ccccc21.O=C1N=C(c2ccccc2)c2c(O)[nH]c(-c3ccccc3)c21.O=C1c2ccccc2Cc2cc3c(=O)c4ccccc4[nH]c3cc21.O=[N+]([O-])c1ccc(N=Nc2c(O)ccc3ccccc23)cc1.O=c1c2ccccc2c(=O)c2c1ccc1[nH]c3c(ccc4c(=O)c5ccccc5c(=O)c43)[nH]c12. The molecule has 2 aliphatic heterocycles. The second-order valence-electron chi connectivity index (χ2n) is 30.2. The molecule has 0 bridgehead atoms. The zero-order valence-corrected chi connectivity index (χ0v) is 74.8. The Morgan fingerprint density at radius 2 is 0.963 bits per heavy atom. The third kappa shape index (κ3) is 18.0. The Labute approximate surface area is 770 Å². The molecule has 3 amide bonds. The molecule has 15 aromatic carbocycles. The quantitative estimate of drug-likeness (QED) is 0.00744. The van der Waals surface area contributed by atoms with Gasteiger partial charge in [0, 0.05) is 95.7 Å². The lowest BCUT2D eigenvalue weighted by Gasteiger charge is -2.19. The Morgan fingerprint density at radius 3 is 1.53 bits per heavy atom. The molecule has 1 saturated heterocycles. The lowest BCUT2D eigenvalue weighted by molar-refractivity contribution is -0.384. The Morgan fingerprint density at radius 1 is 0.452 bits per heavy atom. The van der Waals surface area contributed by atoms with Crippen molar-refractivity contribution in [3.05, 3.63) is 402 Å². The highest BCUT2D eigenvalue weighted by molar-refractivity contribution is 6.35. The van der Waals surface area contributed by atoms with E-state index in [2.05, 4.69) is 40.5 Å². The summed E-state index contributed by atoms with van der Waals surface area (Å²) in [4.78, 5) is 166. The summed E-state index contributed by atoms with van der Waals surface area (Å²) in [5.41, 5.74) is 12.9. The molecular weight excluding hydrogens is 1700 g/mol. The first-order chi connectivity index (χ1) is 65.6. The van der Waals surface area contributed by atoms with E-state index in [1.165, 1.54) is 24.3 Å². The number of aromatic nitrogens is 4. The molecule has 4 aliphatic rings. The van der Waals surface area contributed by atoms with Crippen molar-refractivity contribution in [3.8, 4) is 29.0 Å².